The van der Waals surface area contributed by atoms with E-state index in [2.05, 4.69) is 157 Å². The van der Waals surface area contributed by atoms with Gasteiger partial charge in [-0.15, -0.1) is 0 Å². The average molecular weight is 692 g/mol. The summed E-state index contributed by atoms with van der Waals surface area (Å²) in [7, 11) is 0. The molecule has 5 aliphatic rings. The Labute approximate surface area is 312 Å². The highest BCUT2D eigenvalue weighted by Gasteiger charge is 2.43. The molecule has 3 aromatic rings. The molecule has 0 spiro atoms. The van der Waals surface area contributed by atoms with Crippen LogP contribution in [0.3, 0.4) is 0 Å². The van der Waals surface area contributed by atoms with E-state index in [4.69, 9.17) is 0 Å². The van der Waals surface area contributed by atoms with Gasteiger partial charge in [0.1, 0.15) is 0 Å². The molecule has 4 aliphatic heterocycles. The number of likely N-dealkylation sites (tertiary alicyclic amines) is 3. The van der Waals surface area contributed by atoms with Crippen molar-refractivity contribution in [2.45, 2.75) is 112 Å². The molecule has 0 amide bonds. The third kappa shape index (κ3) is 10.4. The number of hydrogen-bond acceptors (Lipinski definition) is 5. The molecule has 5 nitrogen and oxygen atoms in total. The van der Waals surface area contributed by atoms with E-state index in [0.29, 0.717) is 18.1 Å². The minimum absolute atomic E-state index is 0.693. The lowest BCUT2D eigenvalue weighted by Gasteiger charge is -2.36. The summed E-state index contributed by atoms with van der Waals surface area (Å²) < 4.78 is 0. The van der Waals surface area contributed by atoms with Gasteiger partial charge in [0.2, 0.25) is 0 Å². The topological polar surface area (TPSA) is 16.2 Å². The molecular weight excluding hydrogens is 623 g/mol. The quantitative estimate of drug-likeness (QED) is 0.234. The maximum Gasteiger partial charge on any atom is 0.0290 e. The van der Waals surface area contributed by atoms with Crippen LogP contribution in [-0.4, -0.2) is 107 Å². The zero-order chi connectivity index (χ0) is 36.3. The van der Waals surface area contributed by atoms with Crippen molar-refractivity contribution in [1.29, 1.82) is 0 Å². The van der Waals surface area contributed by atoms with Crippen molar-refractivity contribution in [3.05, 3.63) is 113 Å². The average Bonchev–Trinajstić information content (AvgIpc) is 3.96. The second-order valence-corrected chi connectivity index (χ2v) is 15.7. The summed E-state index contributed by atoms with van der Waals surface area (Å²) in [5.74, 6) is 0.783. The Bertz CT molecular complexity index is 1460. The van der Waals surface area contributed by atoms with Gasteiger partial charge < -0.3 is 0 Å². The van der Waals surface area contributed by atoms with E-state index in [1.165, 1.54) is 87.5 Å². The maximum absolute atomic E-state index is 2.67. The van der Waals surface area contributed by atoms with Crippen LogP contribution in [0.5, 0.6) is 0 Å². The molecule has 4 fully saturated rings. The van der Waals surface area contributed by atoms with E-state index in [-0.39, 0.29) is 0 Å². The van der Waals surface area contributed by atoms with Crippen molar-refractivity contribution in [2.75, 3.05) is 52.4 Å². The minimum atomic E-state index is 0.693. The van der Waals surface area contributed by atoms with Gasteiger partial charge in [-0.2, -0.15) is 0 Å². The summed E-state index contributed by atoms with van der Waals surface area (Å²) in [6, 6.07) is 34.1. The molecule has 0 aromatic heterocycles. The first-order chi connectivity index (χ1) is 24.8. The summed E-state index contributed by atoms with van der Waals surface area (Å²) in [6.45, 7) is 29.8. The van der Waals surface area contributed by atoms with E-state index in [1.54, 1.807) is 5.57 Å². The number of likely N-dealkylation sites (N-methyl/N-ethyl adjacent to an activating group) is 1. The Morgan fingerprint density at radius 2 is 1.24 bits per heavy atom. The van der Waals surface area contributed by atoms with Crippen LogP contribution < -0.4 is 0 Å². The van der Waals surface area contributed by atoms with Crippen LogP contribution in [0, 0.1) is 12.8 Å². The van der Waals surface area contributed by atoms with E-state index < -0.39 is 0 Å². The van der Waals surface area contributed by atoms with Crippen molar-refractivity contribution in [1.82, 2.24) is 24.5 Å². The third-order valence-corrected chi connectivity index (χ3v) is 11.8. The van der Waals surface area contributed by atoms with Gasteiger partial charge in [-0.3, -0.25) is 24.5 Å². The monoisotopic (exact) mass is 692 g/mol. The van der Waals surface area contributed by atoms with Gasteiger partial charge in [0.25, 0.3) is 0 Å². The largest absolute Gasteiger partial charge is 0.298 e. The van der Waals surface area contributed by atoms with E-state index in [1.807, 2.05) is 13.8 Å². The number of nitrogens with zero attached hydrogens (tertiary/aromatic N) is 5. The van der Waals surface area contributed by atoms with Crippen molar-refractivity contribution in [3.8, 4) is 0 Å². The molecule has 8 rings (SSSR count). The molecule has 0 radical (unpaired) electrons. The second-order valence-electron chi connectivity index (χ2n) is 15.7. The van der Waals surface area contributed by atoms with Crippen LogP contribution in [0.1, 0.15) is 83.6 Å². The van der Waals surface area contributed by atoms with Gasteiger partial charge in [-0.05, 0) is 87.7 Å². The molecule has 4 heterocycles. The Balaban J connectivity index is 0.000000145. The minimum Gasteiger partial charge on any atom is -0.298 e. The first-order valence-corrected chi connectivity index (χ1v) is 20.3. The van der Waals surface area contributed by atoms with Crippen molar-refractivity contribution >= 4 is 5.57 Å². The summed E-state index contributed by atoms with van der Waals surface area (Å²) in [5, 5.41) is 0. The fraction of sp³-hybridized carbons (Fsp3) is 0.565. The normalized spacial score (nSPS) is 24.9. The molecule has 4 saturated heterocycles. The second kappa shape index (κ2) is 19.3. The lowest BCUT2D eigenvalue weighted by molar-refractivity contribution is 0.0999. The molecule has 4 atom stereocenters. The standard InChI is InChI=1S/C15H22N2.C15H19N.C14H22N2.C2H6/c1-12(2)17-11-14-8-15(17)10-16(14)9-13-6-4-3-5-7-13;1-3-16-10-12-8-13(16)9-15(12)14-7-5-4-6-11(14)2;1-13(2)16-10-8-15(9-11-16)12-14-6-4-3-5-7-14;1-2/h3-7,12,14-15H,8-11H2,1-2H3;4-7,9,12-13H,3,8,10H2,1-2H3;3-7,13H,8-12H2,1-2H3;1-2H3. The van der Waals surface area contributed by atoms with Gasteiger partial charge >= 0.3 is 0 Å². The van der Waals surface area contributed by atoms with E-state index in [0.717, 1.165) is 31.1 Å². The summed E-state index contributed by atoms with van der Waals surface area (Å²) in [4.78, 5) is 13.0. The fourth-order valence-corrected chi connectivity index (χ4v) is 8.95. The lowest BCUT2D eigenvalue weighted by Crippen LogP contribution is -2.48. The Kier molecular flexibility index (Phi) is 14.9. The molecule has 278 valence electrons. The highest BCUT2D eigenvalue weighted by molar-refractivity contribution is 5.73. The SMILES string of the molecule is CC.CC(C)N1CC2CC1CN2Cc1ccccc1.CC(C)N1CCN(Cc2ccccc2)CC1.CCN1CC2CC1C=C2c1ccccc1C. The van der Waals surface area contributed by atoms with Crippen molar-refractivity contribution in [3.63, 3.8) is 0 Å². The summed E-state index contributed by atoms with van der Waals surface area (Å²) in [6.07, 6.45) is 5.22. The predicted octanol–water partition coefficient (Wildman–Crippen LogP) is 8.69. The molecule has 0 N–H and O–H groups in total. The van der Waals surface area contributed by atoms with E-state index in [9.17, 15) is 0 Å². The Morgan fingerprint density at radius 1 is 0.627 bits per heavy atom. The molecule has 5 heteroatoms. The number of fused-ring (bicyclic) bond motifs is 4. The first-order valence-electron chi connectivity index (χ1n) is 20.3. The van der Waals surface area contributed by atoms with Gasteiger partial charge in [-0.25, -0.2) is 0 Å². The predicted molar refractivity (Wildman–Crippen MR) is 219 cm³/mol. The zero-order valence-corrected chi connectivity index (χ0v) is 33.3. The van der Waals surface area contributed by atoms with Gasteiger partial charge in [0.15, 0.2) is 0 Å². The highest BCUT2D eigenvalue weighted by atomic mass is 15.4. The van der Waals surface area contributed by atoms with Crippen molar-refractivity contribution < 1.29 is 0 Å². The van der Waals surface area contributed by atoms with Gasteiger partial charge in [0, 0.05) is 89.1 Å². The first kappa shape index (κ1) is 39.4. The summed E-state index contributed by atoms with van der Waals surface area (Å²) in [5.41, 5.74) is 7.39. The highest BCUT2D eigenvalue weighted by Crippen LogP contribution is 2.42. The van der Waals surface area contributed by atoms with Crippen LogP contribution in [0.25, 0.3) is 5.57 Å². The van der Waals surface area contributed by atoms with E-state index >= 15 is 0 Å². The Morgan fingerprint density at radius 3 is 1.75 bits per heavy atom. The molecule has 4 unspecified atom stereocenters. The van der Waals surface area contributed by atoms with Gasteiger partial charge in [-0.1, -0.05) is 112 Å². The number of rotatable bonds is 8. The lowest BCUT2D eigenvalue weighted by atomic mass is 9.92. The van der Waals surface area contributed by atoms with Gasteiger partial charge in [0.05, 0.1) is 0 Å². The molecule has 51 heavy (non-hydrogen) atoms. The molecule has 3 aromatic carbocycles. The smallest absolute Gasteiger partial charge is 0.0290 e. The molecule has 0 saturated carbocycles. The fourth-order valence-electron chi connectivity index (χ4n) is 8.95. The van der Waals surface area contributed by atoms with Crippen LogP contribution >= 0.6 is 0 Å². The molecule has 4 bridgehead atoms. The number of aryl methyl sites for hydroxylation is 1. The molecule has 1 aliphatic carbocycles. The van der Waals surface area contributed by atoms with Crippen LogP contribution in [0.4, 0.5) is 0 Å². The van der Waals surface area contributed by atoms with Crippen LogP contribution in [-0.2, 0) is 13.1 Å². The van der Waals surface area contributed by atoms with Crippen LogP contribution in [0.2, 0.25) is 0 Å². The summed E-state index contributed by atoms with van der Waals surface area (Å²) >= 11 is 0. The number of hydrogen-bond donors (Lipinski definition) is 0. The maximum atomic E-state index is 2.67. The molecular formula is C46H69N5. The Hall–Kier alpha value is -2.80. The zero-order valence-electron chi connectivity index (χ0n) is 33.3. The van der Waals surface area contributed by atoms with Crippen LogP contribution in [0.15, 0.2) is 91.0 Å². The number of piperazine rings is 2. The number of benzene rings is 3. The third-order valence-electron chi connectivity index (χ3n) is 11.8. The van der Waals surface area contributed by atoms with Crippen molar-refractivity contribution in [2.24, 2.45) is 5.92 Å².